The summed E-state index contributed by atoms with van der Waals surface area (Å²) in [5.74, 6) is -2.83. The molecule has 0 aliphatic heterocycles. The van der Waals surface area contributed by atoms with Crippen LogP contribution in [0.4, 0.5) is 0 Å². The van der Waals surface area contributed by atoms with Crippen LogP contribution < -0.4 is 0 Å². The molecular formula is C14H22O6. The van der Waals surface area contributed by atoms with Crippen LogP contribution in [0.15, 0.2) is 12.2 Å². The van der Waals surface area contributed by atoms with E-state index in [1.165, 1.54) is 6.92 Å². The van der Waals surface area contributed by atoms with Gasteiger partial charge in [-0.3, -0.25) is 0 Å². The van der Waals surface area contributed by atoms with Gasteiger partial charge in [0, 0.05) is 11.5 Å². The fourth-order valence-electron chi connectivity index (χ4n) is 0.986. The first-order valence-electron chi connectivity index (χ1n) is 6.25. The Balaban J connectivity index is 4.03. The van der Waals surface area contributed by atoms with Gasteiger partial charge in [0.2, 0.25) is 0 Å². The summed E-state index contributed by atoms with van der Waals surface area (Å²) < 4.78 is 14.5. The van der Waals surface area contributed by atoms with Crippen LogP contribution in [0.5, 0.6) is 0 Å². The van der Waals surface area contributed by atoms with Crippen molar-refractivity contribution >= 4 is 17.9 Å². The van der Waals surface area contributed by atoms with Gasteiger partial charge in [-0.1, -0.05) is 13.5 Å². The van der Waals surface area contributed by atoms with E-state index in [-0.39, 0.29) is 19.1 Å². The van der Waals surface area contributed by atoms with Crippen LogP contribution >= 0.6 is 0 Å². The lowest BCUT2D eigenvalue weighted by Gasteiger charge is -2.19. The Kier molecular flexibility index (Phi) is 6.96. The molecule has 0 heterocycles. The van der Waals surface area contributed by atoms with Crippen LogP contribution in [0.25, 0.3) is 0 Å². The van der Waals surface area contributed by atoms with Crippen molar-refractivity contribution < 1.29 is 28.6 Å². The minimum Gasteiger partial charge on any atom is -0.462 e. The predicted molar refractivity (Wildman–Crippen MR) is 71.7 cm³/mol. The molecule has 0 aromatic carbocycles. The average Bonchev–Trinajstić information content (AvgIpc) is 2.30. The number of hydrogen-bond donors (Lipinski definition) is 0. The first-order valence-corrected chi connectivity index (χ1v) is 6.25. The van der Waals surface area contributed by atoms with E-state index in [0.29, 0.717) is 5.57 Å². The van der Waals surface area contributed by atoms with E-state index in [9.17, 15) is 14.4 Å². The molecule has 6 heteroatoms. The van der Waals surface area contributed by atoms with Gasteiger partial charge < -0.3 is 14.2 Å². The van der Waals surface area contributed by atoms with Crippen molar-refractivity contribution in [3.63, 3.8) is 0 Å². The Morgan fingerprint density at radius 3 is 1.85 bits per heavy atom. The molecule has 0 aliphatic rings. The van der Waals surface area contributed by atoms with E-state index < -0.39 is 23.5 Å². The van der Waals surface area contributed by atoms with Gasteiger partial charge in [-0.2, -0.15) is 0 Å². The van der Waals surface area contributed by atoms with Crippen molar-refractivity contribution in [1.82, 2.24) is 0 Å². The molecule has 0 spiro atoms. The maximum atomic E-state index is 11.4. The highest BCUT2D eigenvalue weighted by atomic mass is 16.6. The van der Waals surface area contributed by atoms with Gasteiger partial charge in [0.15, 0.2) is 0 Å². The second kappa shape index (κ2) is 7.67. The third kappa shape index (κ3) is 8.29. The molecule has 114 valence electrons. The molecule has 0 aliphatic carbocycles. The molecule has 0 saturated carbocycles. The molecule has 0 aromatic rings. The zero-order valence-electron chi connectivity index (χ0n) is 12.6. The van der Waals surface area contributed by atoms with Crippen LogP contribution in [-0.4, -0.2) is 36.7 Å². The topological polar surface area (TPSA) is 78.9 Å². The molecule has 6 nitrogen and oxygen atoms in total. The number of hydrogen-bond acceptors (Lipinski definition) is 6. The zero-order valence-corrected chi connectivity index (χ0v) is 12.6. The molecular weight excluding hydrogens is 264 g/mol. The summed E-state index contributed by atoms with van der Waals surface area (Å²) in [6, 6.07) is 0. The summed E-state index contributed by atoms with van der Waals surface area (Å²) >= 11 is 0. The normalized spacial score (nSPS) is 12.2. The molecule has 0 radical (unpaired) electrons. The quantitative estimate of drug-likeness (QED) is 0.331. The van der Waals surface area contributed by atoms with Gasteiger partial charge in [0.05, 0.1) is 13.2 Å². The molecule has 0 N–H and O–H groups in total. The van der Waals surface area contributed by atoms with E-state index >= 15 is 0 Å². The fourth-order valence-corrected chi connectivity index (χ4v) is 0.986. The second-order valence-corrected chi connectivity index (χ2v) is 5.58. The van der Waals surface area contributed by atoms with E-state index in [2.05, 4.69) is 6.58 Å². The lowest BCUT2D eigenvalue weighted by atomic mass is 10.2. The molecule has 20 heavy (non-hydrogen) atoms. The highest BCUT2D eigenvalue weighted by molar-refractivity contribution is 6.29. The minimum atomic E-state index is -1.06. The second-order valence-electron chi connectivity index (χ2n) is 5.58. The summed E-state index contributed by atoms with van der Waals surface area (Å²) in [4.78, 5) is 33.8. The smallest absolute Gasteiger partial charge is 0.417 e. The van der Waals surface area contributed by atoms with Crippen molar-refractivity contribution in [2.24, 2.45) is 5.92 Å². The first-order chi connectivity index (χ1) is 9.03. The maximum Gasteiger partial charge on any atom is 0.417 e. The highest BCUT2D eigenvalue weighted by Gasteiger charge is 2.24. The van der Waals surface area contributed by atoms with Gasteiger partial charge in [-0.15, -0.1) is 0 Å². The first kappa shape index (κ1) is 18.1. The lowest BCUT2D eigenvalue weighted by molar-refractivity contribution is -0.175. The number of rotatable bonds is 5. The summed E-state index contributed by atoms with van der Waals surface area (Å²) in [6.45, 7) is 11.7. The number of carbonyl (C=O) groups is 3. The van der Waals surface area contributed by atoms with E-state index in [4.69, 9.17) is 14.2 Å². The summed E-state index contributed by atoms with van der Waals surface area (Å²) in [5.41, 5.74) is -0.457. The van der Waals surface area contributed by atoms with E-state index in [1.807, 2.05) is 0 Å². The van der Waals surface area contributed by atoms with Gasteiger partial charge >= 0.3 is 17.9 Å². The largest absolute Gasteiger partial charge is 0.462 e. The molecule has 0 bridgehead atoms. The average molecular weight is 286 g/mol. The van der Waals surface area contributed by atoms with Gasteiger partial charge in [-0.25, -0.2) is 14.4 Å². The van der Waals surface area contributed by atoms with Crippen molar-refractivity contribution in [3.05, 3.63) is 12.2 Å². The molecule has 1 atom stereocenters. The van der Waals surface area contributed by atoms with Crippen molar-refractivity contribution in [3.8, 4) is 0 Å². The third-order valence-electron chi connectivity index (χ3n) is 1.91. The number of esters is 3. The van der Waals surface area contributed by atoms with Crippen LogP contribution in [0.1, 0.15) is 34.6 Å². The highest BCUT2D eigenvalue weighted by Crippen LogP contribution is 2.08. The summed E-state index contributed by atoms with van der Waals surface area (Å²) in [5, 5.41) is 0. The third-order valence-corrected chi connectivity index (χ3v) is 1.91. The molecule has 0 fully saturated rings. The van der Waals surface area contributed by atoms with Crippen molar-refractivity contribution in [2.45, 2.75) is 40.2 Å². The summed E-state index contributed by atoms with van der Waals surface area (Å²) in [6.07, 6.45) is 0. The Morgan fingerprint density at radius 2 is 1.45 bits per heavy atom. The van der Waals surface area contributed by atoms with E-state index in [1.54, 1.807) is 27.7 Å². The van der Waals surface area contributed by atoms with Crippen molar-refractivity contribution in [2.75, 3.05) is 13.2 Å². The molecule has 0 saturated heterocycles. The standard InChI is InChI=1S/C14H22O6/c1-9(2)11(15)18-7-10(3)8-19-12(16)13(17)20-14(4,5)6/h10H,1,7-8H2,2-6H3. The molecule has 0 rings (SSSR count). The summed E-state index contributed by atoms with van der Waals surface area (Å²) in [7, 11) is 0. The van der Waals surface area contributed by atoms with Crippen LogP contribution in [-0.2, 0) is 28.6 Å². The lowest BCUT2D eigenvalue weighted by Crippen LogP contribution is -2.31. The molecule has 0 aromatic heterocycles. The van der Waals surface area contributed by atoms with E-state index in [0.717, 1.165) is 0 Å². The number of ether oxygens (including phenoxy) is 3. The van der Waals surface area contributed by atoms with Crippen LogP contribution in [0.3, 0.4) is 0 Å². The molecule has 0 amide bonds. The number of carbonyl (C=O) groups excluding carboxylic acids is 3. The zero-order chi connectivity index (χ0) is 15.9. The Bertz CT molecular complexity index is 391. The van der Waals surface area contributed by atoms with Gasteiger partial charge in [-0.05, 0) is 27.7 Å². The van der Waals surface area contributed by atoms with Crippen molar-refractivity contribution in [1.29, 1.82) is 0 Å². The van der Waals surface area contributed by atoms with Gasteiger partial charge in [0.25, 0.3) is 0 Å². The Hall–Kier alpha value is -1.85. The Labute approximate surface area is 119 Å². The van der Waals surface area contributed by atoms with Gasteiger partial charge in [0.1, 0.15) is 5.60 Å². The SMILES string of the molecule is C=C(C)C(=O)OCC(C)COC(=O)C(=O)OC(C)(C)C. The molecule has 1 unspecified atom stereocenters. The minimum absolute atomic E-state index is 0.0401. The predicted octanol–water partition coefficient (Wildman–Crippen LogP) is 1.63. The maximum absolute atomic E-state index is 11.4. The fraction of sp³-hybridized carbons (Fsp3) is 0.643. The van der Waals surface area contributed by atoms with Crippen LogP contribution in [0.2, 0.25) is 0 Å². The monoisotopic (exact) mass is 286 g/mol. The van der Waals surface area contributed by atoms with Crippen LogP contribution in [0, 0.1) is 5.92 Å². The Morgan fingerprint density at radius 1 is 1.00 bits per heavy atom.